The second-order valence-corrected chi connectivity index (χ2v) is 7.76. The lowest BCUT2D eigenvalue weighted by atomic mass is 10.1. The maximum Gasteiger partial charge on any atom is 0.334 e. The van der Waals surface area contributed by atoms with Crippen LogP contribution in [0.25, 0.3) is 0 Å². The highest BCUT2D eigenvalue weighted by molar-refractivity contribution is 8.24. The van der Waals surface area contributed by atoms with Gasteiger partial charge in [0, 0.05) is 5.54 Å². The molecule has 1 amide bonds. The number of carbonyl (C=O) groups excluding carboxylic acids is 1. The fourth-order valence-corrected chi connectivity index (χ4v) is 2.88. The normalized spacial score (nSPS) is 14.1. The van der Waals surface area contributed by atoms with E-state index in [1.807, 2.05) is 0 Å². The maximum absolute atomic E-state index is 11.5. The van der Waals surface area contributed by atoms with Gasteiger partial charge >= 0.3 is 5.24 Å². The zero-order valence-corrected chi connectivity index (χ0v) is 11.9. The lowest BCUT2D eigenvalue weighted by Crippen LogP contribution is -2.42. The van der Waals surface area contributed by atoms with Crippen LogP contribution < -0.4 is 9.44 Å². The van der Waals surface area contributed by atoms with Crippen molar-refractivity contribution < 1.29 is 13.6 Å². The lowest BCUT2D eigenvalue weighted by molar-refractivity contribution is 0.263. The number of carbonyl (C=O) groups is 1. The average Bonchev–Trinajstić information content (AvgIpc) is 2.15. The molecule has 0 spiro atoms. The van der Waals surface area contributed by atoms with Gasteiger partial charge in [-0.2, -0.15) is 0 Å². The van der Waals surface area contributed by atoms with Crippen molar-refractivity contribution in [3.05, 3.63) is 0 Å². The minimum atomic E-state index is -2.40. The van der Waals surface area contributed by atoms with Crippen LogP contribution in [-0.2, 0) is 11.0 Å². The summed E-state index contributed by atoms with van der Waals surface area (Å²) in [6.45, 7) is 8.67. The van der Waals surface area contributed by atoms with Crippen molar-refractivity contribution >= 4 is 36.6 Å². The molecule has 5 nitrogen and oxygen atoms in total. The monoisotopic (exact) mass is 268 g/mol. The van der Waals surface area contributed by atoms with E-state index in [9.17, 15) is 13.6 Å². The number of rotatable bonds is 2. The van der Waals surface area contributed by atoms with Crippen molar-refractivity contribution in [2.45, 2.75) is 40.2 Å². The Morgan fingerprint density at radius 2 is 1.75 bits per heavy atom. The molecular weight excluding hydrogens is 248 g/mol. The Kier molecular flexibility index (Phi) is 5.67. The molecule has 0 fully saturated rings. The Balaban J connectivity index is 4.70. The van der Waals surface area contributed by atoms with Gasteiger partial charge in [0.25, 0.3) is 0 Å². The molecule has 0 aliphatic carbocycles. The van der Waals surface area contributed by atoms with Gasteiger partial charge in [-0.05, 0) is 55.0 Å². The van der Waals surface area contributed by atoms with Gasteiger partial charge in [0.15, 0.2) is 11.0 Å². The number of hydrogen-bond donors (Lipinski definition) is 3. The Morgan fingerprint density at radius 3 is 2.06 bits per heavy atom. The molecule has 0 radical (unpaired) electrons. The maximum atomic E-state index is 11.5. The third-order valence-corrected chi connectivity index (χ3v) is 4.85. The molecule has 3 N–H and O–H groups in total. The van der Waals surface area contributed by atoms with Crippen molar-refractivity contribution in [2.75, 3.05) is 0 Å². The Labute approximate surface area is 100 Å². The van der Waals surface area contributed by atoms with Crippen LogP contribution in [0.5, 0.6) is 0 Å². The molecular formula is C9H20N2O3S2. The Bertz CT molecular complexity index is 387. The second-order valence-electron chi connectivity index (χ2n) is 4.16. The minimum Gasteiger partial charge on any atom is -0.327 e. The largest absolute Gasteiger partial charge is 0.334 e. The van der Waals surface area contributed by atoms with Crippen LogP contribution in [0.4, 0.5) is 4.79 Å². The number of nitrogens with one attached hydrogen (secondary N) is 2. The average molecular weight is 268 g/mol. The predicted octanol–water partition coefficient (Wildman–Crippen LogP) is 1.58. The first-order chi connectivity index (χ1) is 7.13. The first-order valence-electron chi connectivity index (χ1n) is 4.79. The van der Waals surface area contributed by atoms with Crippen molar-refractivity contribution in [3.8, 4) is 0 Å². The standard InChI is InChI=1S/C9H20N2O3S2/c1-6-16(14,7-2)10-8(12)15(13)11-9(3,4)5/h6-7,11,14H,1-5H3,(H,10,12). The summed E-state index contributed by atoms with van der Waals surface area (Å²) in [6.07, 6.45) is 0. The fourth-order valence-electron chi connectivity index (χ4n) is 0.750. The summed E-state index contributed by atoms with van der Waals surface area (Å²) in [4.78, 5) is 11.5. The van der Waals surface area contributed by atoms with Gasteiger partial charge in [-0.25, -0.2) is 8.93 Å². The van der Waals surface area contributed by atoms with Crippen molar-refractivity contribution in [3.63, 3.8) is 0 Å². The summed E-state index contributed by atoms with van der Waals surface area (Å²) < 4.78 is 26.3. The van der Waals surface area contributed by atoms with Crippen LogP contribution in [0.15, 0.2) is 0 Å². The molecule has 1 atom stereocenters. The van der Waals surface area contributed by atoms with Crippen molar-refractivity contribution in [2.24, 2.45) is 0 Å². The molecule has 0 aromatic carbocycles. The van der Waals surface area contributed by atoms with E-state index in [0.717, 1.165) is 0 Å². The van der Waals surface area contributed by atoms with Gasteiger partial charge in [-0.3, -0.25) is 9.52 Å². The van der Waals surface area contributed by atoms with Gasteiger partial charge in [-0.1, -0.05) is 0 Å². The van der Waals surface area contributed by atoms with Crippen LogP contribution >= 0.6 is 9.67 Å². The van der Waals surface area contributed by atoms with Crippen LogP contribution in [0.3, 0.4) is 0 Å². The molecule has 0 aliphatic rings. The molecule has 0 heterocycles. The molecule has 0 aromatic rings. The van der Waals surface area contributed by atoms with Gasteiger partial charge in [0.2, 0.25) is 0 Å². The highest BCUT2D eigenvalue weighted by Crippen LogP contribution is 2.11. The van der Waals surface area contributed by atoms with Crippen LogP contribution in [0.2, 0.25) is 0 Å². The van der Waals surface area contributed by atoms with Crippen molar-refractivity contribution in [1.82, 2.24) is 9.44 Å². The molecule has 96 valence electrons. The third kappa shape index (κ3) is 5.64. The summed E-state index contributed by atoms with van der Waals surface area (Å²) in [6, 6.07) is 0. The van der Waals surface area contributed by atoms with Crippen LogP contribution in [0.1, 0.15) is 34.6 Å². The summed E-state index contributed by atoms with van der Waals surface area (Å²) in [5, 5.41) is 2.25. The molecule has 7 heteroatoms. The molecule has 0 saturated heterocycles. The number of amides is 1. The Morgan fingerprint density at radius 1 is 1.31 bits per heavy atom. The lowest BCUT2D eigenvalue weighted by Gasteiger charge is -2.20. The predicted molar refractivity (Wildman–Crippen MR) is 73.3 cm³/mol. The molecule has 0 saturated carbocycles. The first kappa shape index (κ1) is 15.6. The summed E-state index contributed by atoms with van der Waals surface area (Å²) in [7, 11) is -4.26. The smallest absolute Gasteiger partial charge is 0.327 e. The van der Waals surface area contributed by atoms with Crippen LogP contribution in [0, 0.1) is 0 Å². The van der Waals surface area contributed by atoms with E-state index in [-0.39, 0.29) is 0 Å². The topological polar surface area (TPSA) is 78.4 Å². The zero-order chi connectivity index (χ0) is 13.0. The van der Waals surface area contributed by atoms with E-state index in [1.165, 1.54) is 10.7 Å². The van der Waals surface area contributed by atoms with E-state index in [2.05, 4.69) is 9.44 Å². The molecule has 0 aromatic heterocycles. The van der Waals surface area contributed by atoms with E-state index in [4.69, 9.17) is 0 Å². The zero-order valence-electron chi connectivity index (χ0n) is 10.2. The summed E-state index contributed by atoms with van der Waals surface area (Å²) in [5.74, 6) is 0. The van der Waals surface area contributed by atoms with Gasteiger partial charge in [-0.15, -0.1) is 0 Å². The van der Waals surface area contributed by atoms with Crippen molar-refractivity contribution in [1.29, 1.82) is 0 Å². The van der Waals surface area contributed by atoms with Crippen LogP contribution in [-0.4, -0.2) is 30.3 Å². The third-order valence-electron chi connectivity index (χ3n) is 1.53. The summed E-state index contributed by atoms with van der Waals surface area (Å²) in [5.41, 5.74) is -0.429. The molecule has 0 bridgehead atoms. The highest BCUT2D eigenvalue weighted by Gasteiger charge is 2.19. The van der Waals surface area contributed by atoms with Gasteiger partial charge in [0.1, 0.15) is 0 Å². The van der Waals surface area contributed by atoms with E-state index in [1.54, 1.807) is 34.6 Å². The molecule has 0 aliphatic heterocycles. The second kappa shape index (κ2) is 5.81. The molecule has 0 rings (SSSR count). The SMILES string of the molecule is CC=S(O)(=CC)NC(=O)S(=O)NC(C)(C)C. The molecule has 1 unspecified atom stereocenters. The quantitative estimate of drug-likeness (QED) is 0.665. The fraction of sp³-hybridized carbons (Fsp3) is 0.667. The summed E-state index contributed by atoms with van der Waals surface area (Å²) >= 11 is 0. The minimum absolute atomic E-state index is 0.429. The van der Waals surface area contributed by atoms with E-state index < -0.39 is 31.4 Å². The first-order valence-corrected chi connectivity index (χ1v) is 7.66. The highest BCUT2D eigenvalue weighted by atomic mass is 32.2. The van der Waals surface area contributed by atoms with Gasteiger partial charge < -0.3 is 4.55 Å². The molecule has 16 heavy (non-hydrogen) atoms. The Hall–Kier alpha value is -0.370. The van der Waals surface area contributed by atoms with E-state index in [0.29, 0.717) is 0 Å². The van der Waals surface area contributed by atoms with Gasteiger partial charge in [0.05, 0.1) is 0 Å². The number of hydrogen-bond acceptors (Lipinski definition) is 3. The van der Waals surface area contributed by atoms with E-state index >= 15 is 0 Å².